The topological polar surface area (TPSA) is 15.7 Å². The zero-order valence-electron chi connectivity index (χ0n) is 10.4. The first-order valence-electron chi connectivity index (χ1n) is 6.52. The molecule has 17 heavy (non-hydrogen) atoms. The quantitative estimate of drug-likeness (QED) is 0.778. The molecular formula is C14H20N2O. The molecule has 3 heteroatoms. The molecule has 2 aliphatic heterocycles. The molecule has 1 aromatic carbocycles. The first-order valence-corrected chi connectivity index (χ1v) is 6.52. The Balaban J connectivity index is 1.68. The van der Waals surface area contributed by atoms with Crippen molar-refractivity contribution in [2.45, 2.75) is 38.4 Å². The highest BCUT2D eigenvalue weighted by atomic mass is 16.7. The molecule has 0 aliphatic carbocycles. The molecule has 92 valence electrons. The highest BCUT2D eigenvalue weighted by Gasteiger charge is 2.37. The van der Waals surface area contributed by atoms with Crippen LogP contribution in [-0.2, 0) is 11.4 Å². The molecule has 2 atom stereocenters. The first-order chi connectivity index (χ1) is 8.34. The maximum absolute atomic E-state index is 5.87. The van der Waals surface area contributed by atoms with E-state index in [0.29, 0.717) is 12.1 Å². The molecule has 0 aromatic heterocycles. The molecule has 0 amide bonds. The van der Waals surface area contributed by atoms with Crippen LogP contribution in [0.2, 0.25) is 0 Å². The van der Waals surface area contributed by atoms with E-state index in [4.69, 9.17) is 4.84 Å². The molecule has 0 bridgehead atoms. The van der Waals surface area contributed by atoms with Gasteiger partial charge in [-0.2, -0.15) is 5.06 Å². The van der Waals surface area contributed by atoms with Gasteiger partial charge >= 0.3 is 0 Å². The second-order valence-corrected chi connectivity index (χ2v) is 5.08. The van der Waals surface area contributed by atoms with Crippen molar-refractivity contribution in [1.82, 2.24) is 9.96 Å². The van der Waals surface area contributed by atoms with E-state index in [1.54, 1.807) is 0 Å². The number of nitrogens with zero attached hydrogens (tertiary/aromatic N) is 2. The summed E-state index contributed by atoms with van der Waals surface area (Å²) in [7, 11) is 0. The number of fused-ring (bicyclic) bond motifs is 1. The van der Waals surface area contributed by atoms with E-state index in [1.165, 1.54) is 24.9 Å². The lowest BCUT2D eigenvalue weighted by molar-refractivity contribution is -0.265. The molecule has 1 aromatic rings. The Morgan fingerprint density at radius 2 is 2.12 bits per heavy atom. The summed E-state index contributed by atoms with van der Waals surface area (Å²) in [5.74, 6) is 0. The molecule has 3 rings (SSSR count). The van der Waals surface area contributed by atoms with Crippen LogP contribution < -0.4 is 0 Å². The molecule has 2 saturated heterocycles. The number of hydrogen-bond acceptors (Lipinski definition) is 3. The Kier molecular flexibility index (Phi) is 3.14. The third-order valence-electron chi connectivity index (χ3n) is 4.00. The SMILES string of the molecule is C[C@H]1[C@@H]2CCCN2CON1Cc1ccccc1. The Hall–Kier alpha value is -0.900. The van der Waals surface area contributed by atoms with Gasteiger partial charge in [-0.15, -0.1) is 0 Å². The lowest BCUT2D eigenvalue weighted by Crippen LogP contribution is -2.54. The van der Waals surface area contributed by atoms with Crippen LogP contribution >= 0.6 is 0 Å². The molecule has 2 heterocycles. The minimum absolute atomic E-state index is 0.492. The monoisotopic (exact) mass is 232 g/mol. The number of rotatable bonds is 2. The van der Waals surface area contributed by atoms with Gasteiger partial charge in [0.1, 0.15) is 6.73 Å². The summed E-state index contributed by atoms with van der Waals surface area (Å²) in [6.07, 6.45) is 2.63. The third kappa shape index (κ3) is 2.23. The second-order valence-electron chi connectivity index (χ2n) is 5.08. The Morgan fingerprint density at radius 3 is 2.94 bits per heavy atom. The maximum Gasteiger partial charge on any atom is 0.121 e. The molecule has 0 N–H and O–H groups in total. The van der Waals surface area contributed by atoms with E-state index in [2.05, 4.69) is 47.2 Å². The molecule has 0 unspecified atom stereocenters. The van der Waals surface area contributed by atoms with Crippen molar-refractivity contribution in [3.63, 3.8) is 0 Å². The molecule has 3 nitrogen and oxygen atoms in total. The van der Waals surface area contributed by atoms with Gasteiger partial charge in [0.2, 0.25) is 0 Å². The van der Waals surface area contributed by atoms with Crippen LogP contribution in [0.15, 0.2) is 30.3 Å². The van der Waals surface area contributed by atoms with Gasteiger partial charge in [-0.25, -0.2) is 0 Å². The van der Waals surface area contributed by atoms with Crippen molar-refractivity contribution in [2.75, 3.05) is 13.3 Å². The van der Waals surface area contributed by atoms with Crippen molar-refractivity contribution >= 4 is 0 Å². The fraction of sp³-hybridized carbons (Fsp3) is 0.571. The summed E-state index contributed by atoms with van der Waals surface area (Å²) in [5.41, 5.74) is 1.32. The summed E-state index contributed by atoms with van der Waals surface area (Å²) < 4.78 is 0. The lowest BCUT2D eigenvalue weighted by atomic mass is 10.1. The smallest absolute Gasteiger partial charge is 0.121 e. The first kappa shape index (κ1) is 11.2. The predicted molar refractivity (Wildman–Crippen MR) is 67.1 cm³/mol. The number of hydrogen-bond donors (Lipinski definition) is 0. The summed E-state index contributed by atoms with van der Waals surface area (Å²) >= 11 is 0. The zero-order chi connectivity index (χ0) is 11.7. The van der Waals surface area contributed by atoms with Crippen LogP contribution in [-0.4, -0.2) is 35.3 Å². The van der Waals surface area contributed by atoms with Crippen molar-refractivity contribution in [2.24, 2.45) is 0 Å². The fourth-order valence-corrected chi connectivity index (χ4v) is 2.97. The van der Waals surface area contributed by atoms with Crippen molar-refractivity contribution in [3.05, 3.63) is 35.9 Å². The predicted octanol–water partition coefficient (Wildman–Crippen LogP) is 2.24. The Morgan fingerprint density at radius 1 is 1.29 bits per heavy atom. The van der Waals surface area contributed by atoms with Crippen LogP contribution in [0.1, 0.15) is 25.3 Å². The third-order valence-corrected chi connectivity index (χ3v) is 4.00. The van der Waals surface area contributed by atoms with E-state index in [0.717, 1.165) is 13.3 Å². The van der Waals surface area contributed by atoms with Gasteiger partial charge in [-0.05, 0) is 25.3 Å². The van der Waals surface area contributed by atoms with Gasteiger partial charge in [-0.3, -0.25) is 9.74 Å². The van der Waals surface area contributed by atoms with Crippen LogP contribution in [0, 0.1) is 0 Å². The van der Waals surface area contributed by atoms with Gasteiger partial charge in [-0.1, -0.05) is 30.3 Å². The summed E-state index contributed by atoms with van der Waals surface area (Å²) in [6, 6.07) is 11.7. The largest absolute Gasteiger partial charge is 0.283 e. The fourth-order valence-electron chi connectivity index (χ4n) is 2.97. The van der Waals surface area contributed by atoms with Gasteiger partial charge in [0, 0.05) is 25.2 Å². The van der Waals surface area contributed by atoms with Crippen molar-refractivity contribution in [1.29, 1.82) is 0 Å². The molecule has 2 fully saturated rings. The average molecular weight is 232 g/mol. The van der Waals surface area contributed by atoms with Crippen molar-refractivity contribution in [3.8, 4) is 0 Å². The highest BCUT2D eigenvalue weighted by Crippen LogP contribution is 2.28. The number of benzene rings is 1. The van der Waals surface area contributed by atoms with Crippen LogP contribution in [0.4, 0.5) is 0 Å². The summed E-state index contributed by atoms with van der Waals surface area (Å²) in [5, 5.41) is 2.15. The molecular weight excluding hydrogens is 212 g/mol. The molecule has 0 spiro atoms. The molecule has 0 saturated carbocycles. The van der Waals surface area contributed by atoms with Gasteiger partial charge in [0.05, 0.1) is 0 Å². The minimum atomic E-state index is 0.492. The maximum atomic E-state index is 5.87. The second kappa shape index (κ2) is 4.77. The van der Waals surface area contributed by atoms with E-state index in [-0.39, 0.29) is 0 Å². The normalized spacial score (nSPS) is 30.4. The summed E-state index contributed by atoms with van der Waals surface area (Å²) in [6.45, 7) is 5.15. The standard InChI is InChI=1S/C14H20N2O/c1-12-14-8-5-9-15(14)11-17-16(12)10-13-6-3-2-4-7-13/h2-4,6-7,12,14H,5,8-11H2,1H3/t12-,14-/m0/s1. The van der Waals surface area contributed by atoms with Crippen LogP contribution in [0.25, 0.3) is 0 Å². The zero-order valence-corrected chi connectivity index (χ0v) is 10.4. The van der Waals surface area contributed by atoms with Gasteiger partial charge in [0.15, 0.2) is 0 Å². The highest BCUT2D eigenvalue weighted by molar-refractivity contribution is 5.14. The van der Waals surface area contributed by atoms with E-state index < -0.39 is 0 Å². The van der Waals surface area contributed by atoms with Crippen LogP contribution in [0.5, 0.6) is 0 Å². The van der Waals surface area contributed by atoms with Crippen molar-refractivity contribution < 1.29 is 4.84 Å². The van der Waals surface area contributed by atoms with E-state index >= 15 is 0 Å². The lowest BCUT2D eigenvalue weighted by Gasteiger charge is -2.42. The van der Waals surface area contributed by atoms with E-state index in [1.807, 2.05) is 0 Å². The molecule has 0 radical (unpaired) electrons. The van der Waals surface area contributed by atoms with Crippen LogP contribution in [0.3, 0.4) is 0 Å². The Bertz CT molecular complexity index is 368. The van der Waals surface area contributed by atoms with E-state index in [9.17, 15) is 0 Å². The van der Waals surface area contributed by atoms with Gasteiger partial charge < -0.3 is 0 Å². The number of hydroxylamine groups is 2. The molecule has 2 aliphatic rings. The summed E-state index contributed by atoms with van der Waals surface area (Å²) in [4.78, 5) is 8.33. The van der Waals surface area contributed by atoms with Gasteiger partial charge in [0.25, 0.3) is 0 Å². The average Bonchev–Trinajstić information content (AvgIpc) is 2.83. The minimum Gasteiger partial charge on any atom is -0.283 e. The Labute approximate surface area is 103 Å².